The smallest absolute Gasteiger partial charge is 0.129 e. The molecular weight excluding hydrogens is 174 g/mol. The van der Waals surface area contributed by atoms with E-state index in [-0.39, 0.29) is 5.78 Å². The highest BCUT2D eigenvalue weighted by Crippen LogP contribution is 1.98. The number of rotatable bonds is 1. The first-order chi connectivity index (χ1) is 6.06. The van der Waals surface area contributed by atoms with Gasteiger partial charge in [-0.2, -0.15) is 0 Å². The Labute approximate surface area is 76.4 Å². The lowest BCUT2D eigenvalue weighted by atomic mass is 10.3. The highest BCUT2D eigenvalue weighted by molar-refractivity contribution is 5.74. The fraction of sp³-hybridized carbons (Fsp3) is 0.300. The van der Waals surface area contributed by atoms with E-state index in [1.165, 1.54) is 0 Å². The molecule has 0 fully saturated rings. The molecule has 0 radical (unpaired) electrons. The predicted molar refractivity (Wildman–Crippen MR) is 47.3 cm³/mol. The Morgan fingerprint density at radius 1 is 1.15 bits per heavy atom. The zero-order chi connectivity index (χ0) is 10.3. The second kappa shape index (κ2) is 6.29. The quantitative estimate of drug-likeness (QED) is 0.659. The third-order valence-corrected chi connectivity index (χ3v) is 1.30. The van der Waals surface area contributed by atoms with E-state index in [0.29, 0.717) is 6.42 Å². The minimum absolute atomic E-state index is 0.255. The highest BCUT2D eigenvalue weighted by Gasteiger charge is 1.86. The lowest BCUT2D eigenvalue weighted by Crippen LogP contribution is -1.80. The molecule has 72 valence electrons. The molecule has 1 nitrogen and oxygen atoms in total. The summed E-state index contributed by atoms with van der Waals surface area (Å²) in [5.41, 5.74) is 0. The van der Waals surface area contributed by atoms with Gasteiger partial charge in [-0.3, -0.25) is 0 Å². The summed E-state index contributed by atoms with van der Waals surface area (Å²) >= 11 is 0. The van der Waals surface area contributed by atoms with E-state index in [4.69, 9.17) is 0 Å². The number of ketones is 1. The monoisotopic (exact) mass is 186 g/mol. The Balaban J connectivity index is 0.000000252. The van der Waals surface area contributed by atoms with Crippen LogP contribution in [0.2, 0.25) is 0 Å². The van der Waals surface area contributed by atoms with Crippen LogP contribution >= 0.6 is 0 Å². The molecule has 0 aliphatic heterocycles. The van der Waals surface area contributed by atoms with E-state index in [0.717, 1.165) is 24.3 Å². The molecule has 0 bridgehead atoms. The van der Waals surface area contributed by atoms with E-state index in [9.17, 15) is 13.6 Å². The van der Waals surface area contributed by atoms with Gasteiger partial charge in [0.2, 0.25) is 0 Å². The number of Topliss-reactive ketones (excluding diaryl/α,β-unsaturated/α-hetero) is 1. The molecule has 0 aliphatic rings. The molecular formula is C10H12F2O. The molecule has 13 heavy (non-hydrogen) atoms. The predicted octanol–water partition coefficient (Wildman–Crippen LogP) is 2.95. The maximum Gasteiger partial charge on any atom is 0.129 e. The molecule has 0 saturated carbocycles. The van der Waals surface area contributed by atoms with Crippen LogP contribution in [0, 0.1) is 11.6 Å². The molecule has 0 N–H and O–H groups in total. The van der Waals surface area contributed by atoms with E-state index in [1.807, 2.05) is 6.92 Å². The van der Waals surface area contributed by atoms with E-state index < -0.39 is 11.6 Å². The van der Waals surface area contributed by atoms with Crippen molar-refractivity contribution >= 4 is 5.78 Å². The van der Waals surface area contributed by atoms with Gasteiger partial charge in [-0.25, -0.2) is 8.78 Å². The molecule has 3 heteroatoms. The van der Waals surface area contributed by atoms with Crippen LogP contribution in [-0.2, 0) is 4.79 Å². The SMILES string of the molecule is CCC(C)=O.Fc1ccc(F)cc1. The van der Waals surface area contributed by atoms with Crippen LogP contribution in [0.25, 0.3) is 0 Å². The summed E-state index contributed by atoms with van der Waals surface area (Å²) < 4.78 is 23.8. The van der Waals surface area contributed by atoms with Gasteiger partial charge in [0.1, 0.15) is 17.4 Å². The minimum Gasteiger partial charge on any atom is -0.300 e. The number of carbonyl (C=O) groups is 1. The molecule has 1 rings (SSSR count). The van der Waals surface area contributed by atoms with E-state index in [2.05, 4.69) is 0 Å². The van der Waals surface area contributed by atoms with Gasteiger partial charge in [-0.1, -0.05) is 6.92 Å². The van der Waals surface area contributed by atoms with E-state index in [1.54, 1.807) is 6.92 Å². The lowest BCUT2D eigenvalue weighted by molar-refractivity contribution is -0.116. The van der Waals surface area contributed by atoms with Crippen LogP contribution in [0.5, 0.6) is 0 Å². The molecule has 1 aromatic carbocycles. The number of hydrogen-bond donors (Lipinski definition) is 0. The lowest BCUT2D eigenvalue weighted by Gasteiger charge is -1.83. The number of carbonyl (C=O) groups excluding carboxylic acids is 1. The second-order valence-corrected chi connectivity index (χ2v) is 2.49. The molecule has 0 aliphatic carbocycles. The fourth-order valence-corrected chi connectivity index (χ4v) is 0.430. The van der Waals surface area contributed by atoms with Gasteiger partial charge in [0.25, 0.3) is 0 Å². The molecule has 0 heterocycles. The van der Waals surface area contributed by atoms with Gasteiger partial charge in [0.05, 0.1) is 0 Å². The molecule has 0 aromatic heterocycles. The number of benzene rings is 1. The summed E-state index contributed by atoms with van der Waals surface area (Å²) in [5, 5.41) is 0. The van der Waals surface area contributed by atoms with Crippen LogP contribution in [0.4, 0.5) is 8.78 Å². The zero-order valence-corrected chi connectivity index (χ0v) is 7.68. The Morgan fingerprint density at radius 2 is 1.38 bits per heavy atom. The normalized spacial score (nSPS) is 8.62. The van der Waals surface area contributed by atoms with Crippen LogP contribution in [-0.4, -0.2) is 5.78 Å². The summed E-state index contributed by atoms with van der Waals surface area (Å²) in [6.07, 6.45) is 0.667. The largest absolute Gasteiger partial charge is 0.300 e. The van der Waals surface area contributed by atoms with Crippen molar-refractivity contribution in [3.8, 4) is 0 Å². The van der Waals surface area contributed by atoms with Crippen LogP contribution < -0.4 is 0 Å². The average molecular weight is 186 g/mol. The fourth-order valence-electron chi connectivity index (χ4n) is 0.430. The second-order valence-electron chi connectivity index (χ2n) is 2.49. The zero-order valence-electron chi connectivity index (χ0n) is 7.68. The van der Waals surface area contributed by atoms with Crippen LogP contribution in [0.15, 0.2) is 24.3 Å². The Hall–Kier alpha value is -1.25. The van der Waals surface area contributed by atoms with Crippen LogP contribution in [0.1, 0.15) is 20.3 Å². The van der Waals surface area contributed by atoms with Gasteiger partial charge in [0, 0.05) is 6.42 Å². The first kappa shape index (κ1) is 11.8. The summed E-state index contributed by atoms with van der Waals surface area (Å²) in [5.74, 6) is -0.567. The summed E-state index contributed by atoms with van der Waals surface area (Å²) in [4.78, 5) is 9.81. The van der Waals surface area contributed by atoms with Crippen molar-refractivity contribution in [3.63, 3.8) is 0 Å². The van der Waals surface area contributed by atoms with Crippen molar-refractivity contribution in [1.82, 2.24) is 0 Å². The van der Waals surface area contributed by atoms with Crippen LogP contribution in [0.3, 0.4) is 0 Å². The molecule has 0 amide bonds. The van der Waals surface area contributed by atoms with Crippen molar-refractivity contribution in [2.24, 2.45) is 0 Å². The van der Waals surface area contributed by atoms with Gasteiger partial charge in [-0.15, -0.1) is 0 Å². The third kappa shape index (κ3) is 7.12. The van der Waals surface area contributed by atoms with Gasteiger partial charge in [-0.05, 0) is 31.2 Å². The molecule has 0 unspecified atom stereocenters. The van der Waals surface area contributed by atoms with Gasteiger partial charge in [0.15, 0.2) is 0 Å². The van der Waals surface area contributed by atoms with E-state index >= 15 is 0 Å². The van der Waals surface area contributed by atoms with Crippen molar-refractivity contribution in [1.29, 1.82) is 0 Å². The highest BCUT2D eigenvalue weighted by atomic mass is 19.1. The molecule has 1 aromatic rings. The maximum atomic E-state index is 11.9. The first-order valence-electron chi connectivity index (χ1n) is 3.96. The van der Waals surface area contributed by atoms with Crippen molar-refractivity contribution < 1.29 is 13.6 Å². The average Bonchev–Trinajstić information content (AvgIpc) is 2.11. The maximum absolute atomic E-state index is 11.9. The first-order valence-corrected chi connectivity index (χ1v) is 3.96. The Morgan fingerprint density at radius 3 is 1.54 bits per heavy atom. The van der Waals surface area contributed by atoms with Crippen molar-refractivity contribution in [2.75, 3.05) is 0 Å². The topological polar surface area (TPSA) is 17.1 Å². The van der Waals surface area contributed by atoms with Gasteiger partial charge >= 0.3 is 0 Å². The minimum atomic E-state index is -0.411. The van der Waals surface area contributed by atoms with Crippen molar-refractivity contribution in [2.45, 2.75) is 20.3 Å². The molecule has 0 saturated heterocycles. The summed E-state index contributed by atoms with van der Waals surface area (Å²) in [6.45, 7) is 3.43. The number of hydrogen-bond acceptors (Lipinski definition) is 1. The molecule has 0 spiro atoms. The van der Waals surface area contributed by atoms with Gasteiger partial charge < -0.3 is 4.79 Å². The Kier molecular flexibility index (Phi) is 5.68. The third-order valence-electron chi connectivity index (χ3n) is 1.30. The summed E-state index contributed by atoms with van der Waals surface area (Å²) in [6, 6.07) is 4.31. The number of halogens is 2. The van der Waals surface area contributed by atoms with Crippen molar-refractivity contribution in [3.05, 3.63) is 35.9 Å². The standard InChI is InChI=1S/C6H4F2.C4H8O/c7-5-1-2-6(8)4-3-5;1-3-4(2)5/h1-4H;3H2,1-2H3. The summed E-state index contributed by atoms with van der Waals surface area (Å²) in [7, 11) is 0. The molecule has 0 atom stereocenters. The Bertz CT molecular complexity index is 233.